The lowest BCUT2D eigenvalue weighted by Crippen LogP contribution is -2.34. The minimum atomic E-state index is 0.315. The molecule has 0 unspecified atom stereocenters. The SMILES string of the molecule is C=C(C)CNC(N)=NCC(CC)(CC)CC. The maximum Gasteiger partial charge on any atom is 0.188 e. The number of rotatable bonds is 7. The number of guanidine groups is 1. The fourth-order valence-corrected chi connectivity index (χ4v) is 1.64. The molecule has 0 radical (unpaired) electrons. The normalized spacial score (nSPS) is 12.6. The third kappa shape index (κ3) is 5.19. The zero-order chi connectivity index (χ0) is 12.6. The van der Waals surface area contributed by atoms with Crippen LogP contribution >= 0.6 is 0 Å². The molecule has 0 aliphatic rings. The molecule has 0 heterocycles. The van der Waals surface area contributed by atoms with Crippen molar-refractivity contribution in [2.75, 3.05) is 13.1 Å². The average molecular weight is 225 g/mol. The summed E-state index contributed by atoms with van der Waals surface area (Å²) in [6.45, 7) is 14.0. The van der Waals surface area contributed by atoms with Gasteiger partial charge in [-0.3, -0.25) is 4.99 Å². The van der Waals surface area contributed by atoms with Crippen LogP contribution in [0.3, 0.4) is 0 Å². The second kappa shape index (κ2) is 7.31. The third-order valence-corrected chi connectivity index (χ3v) is 3.41. The Morgan fingerprint density at radius 1 is 1.25 bits per heavy atom. The monoisotopic (exact) mass is 225 g/mol. The van der Waals surface area contributed by atoms with Gasteiger partial charge >= 0.3 is 0 Å². The number of nitrogens with one attached hydrogen (secondary N) is 1. The number of hydrogen-bond acceptors (Lipinski definition) is 1. The van der Waals surface area contributed by atoms with E-state index in [4.69, 9.17) is 5.73 Å². The van der Waals surface area contributed by atoms with Crippen LogP contribution < -0.4 is 11.1 Å². The fourth-order valence-electron chi connectivity index (χ4n) is 1.64. The molecule has 0 bridgehead atoms. The summed E-state index contributed by atoms with van der Waals surface area (Å²) >= 11 is 0. The van der Waals surface area contributed by atoms with Crippen LogP contribution in [-0.4, -0.2) is 19.0 Å². The van der Waals surface area contributed by atoms with Crippen LogP contribution in [0.1, 0.15) is 47.0 Å². The summed E-state index contributed by atoms with van der Waals surface area (Å²) in [5, 5.41) is 3.06. The summed E-state index contributed by atoms with van der Waals surface area (Å²) in [6, 6.07) is 0. The van der Waals surface area contributed by atoms with Crippen LogP contribution in [-0.2, 0) is 0 Å². The van der Waals surface area contributed by atoms with Crippen LogP contribution in [0.25, 0.3) is 0 Å². The van der Waals surface area contributed by atoms with Gasteiger partial charge in [0.1, 0.15) is 0 Å². The predicted octanol–water partition coefficient (Wildman–Crippen LogP) is 2.68. The molecule has 0 rings (SSSR count). The van der Waals surface area contributed by atoms with Crippen molar-refractivity contribution in [3.05, 3.63) is 12.2 Å². The first-order valence-corrected chi connectivity index (χ1v) is 6.17. The first-order valence-electron chi connectivity index (χ1n) is 6.17. The van der Waals surface area contributed by atoms with Crippen molar-refractivity contribution < 1.29 is 0 Å². The molecule has 0 aliphatic carbocycles. The van der Waals surface area contributed by atoms with Gasteiger partial charge < -0.3 is 11.1 Å². The summed E-state index contributed by atoms with van der Waals surface area (Å²) in [4.78, 5) is 4.42. The van der Waals surface area contributed by atoms with E-state index in [9.17, 15) is 0 Å². The lowest BCUT2D eigenvalue weighted by atomic mass is 9.80. The van der Waals surface area contributed by atoms with Crippen molar-refractivity contribution >= 4 is 5.96 Å². The van der Waals surface area contributed by atoms with Gasteiger partial charge in [0.15, 0.2) is 5.96 Å². The highest BCUT2D eigenvalue weighted by Gasteiger charge is 2.23. The van der Waals surface area contributed by atoms with E-state index in [1.54, 1.807) is 0 Å². The molecular formula is C13H27N3. The first kappa shape index (κ1) is 15.0. The topological polar surface area (TPSA) is 50.4 Å². The van der Waals surface area contributed by atoms with Gasteiger partial charge in [-0.2, -0.15) is 0 Å². The Labute approximate surface area is 100 Å². The van der Waals surface area contributed by atoms with Crippen molar-refractivity contribution in [1.29, 1.82) is 0 Å². The summed E-state index contributed by atoms with van der Waals surface area (Å²) in [5.41, 5.74) is 7.17. The molecular weight excluding hydrogens is 198 g/mol. The third-order valence-electron chi connectivity index (χ3n) is 3.41. The van der Waals surface area contributed by atoms with Crippen LogP contribution in [0.15, 0.2) is 17.1 Å². The van der Waals surface area contributed by atoms with Crippen molar-refractivity contribution in [1.82, 2.24) is 5.32 Å². The standard InChI is InChI=1S/C13H27N3/c1-6-13(7-2,8-3)10-16-12(14)15-9-11(4)5/h4,6-10H2,1-3,5H3,(H3,14,15,16). The van der Waals surface area contributed by atoms with E-state index >= 15 is 0 Å². The number of nitrogens with zero attached hydrogens (tertiary/aromatic N) is 1. The minimum absolute atomic E-state index is 0.315. The molecule has 0 aromatic carbocycles. The second-order valence-corrected chi connectivity index (χ2v) is 4.57. The van der Waals surface area contributed by atoms with Gasteiger partial charge in [-0.05, 0) is 31.6 Å². The number of nitrogens with two attached hydrogens (primary N) is 1. The van der Waals surface area contributed by atoms with Crippen molar-refractivity contribution in [2.24, 2.45) is 16.1 Å². The van der Waals surface area contributed by atoms with Crippen molar-refractivity contribution in [3.63, 3.8) is 0 Å². The molecule has 0 saturated heterocycles. The Morgan fingerprint density at radius 3 is 2.12 bits per heavy atom. The maximum absolute atomic E-state index is 5.79. The minimum Gasteiger partial charge on any atom is -0.370 e. The molecule has 3 N–H and O–H groups in total. The highest BCUT2D eigenvalue weighted by molar-refractivity contribution is 5.78. The zero-order valence-corrected chi connectivity index (χ0v) is 11.3. The van der Waals surface area contributed by atoms with Crippen LogP contribution in [0.5, 0.6) is 0 Å². The summed E-state index contributed by atoms with van der Waals surface area (Å²) in [5.74, 6) is 0.530. The zero-order valence-electron chi connectivity index (χ0n) is 11.3. The van der Waals surface area contributed by atoms with Gasteiger partial charge in [0.2, 0.25) is 0 Å². The van der Waals surface area contributed by atoms with Gasteiger partial charge in [0.05, 0.1) is 0 Å². The van der Waals surface area contributed by atoms with E-state index in [2.05, 4.69) is 37.7 Å². The molecule has 94 valence electrons. The molecule has 0 aliphatic heterocycles. The lowest BCUT2D eigenvalue weighted by Gasteiger charge is -2.28. The van der Waals surface area contributed by atoms with Gasteiger partial charge in [-0.15, -0.1) is 0 Å². The second-order valence-electron chi connectivity index (χ2n) is 4.57. The van der Waals surface area contributed by atoms with E-state index in [1.807, 2.05) is 6.92 Å². The lowest BCUT2D eigenvalue weighted by molar-refractivity contribution is 0.263. The Kier molecular flexibility index (Phi) is 6.86. The molecule has 0 spiro atoms. The highest BCUT2D eigenvalue weighted by atomic mass is 15.1. The van der Waals surface area contributed by atoms with Gasteiger partial charge in [-0.25, -0.2) is 0 Å². The Bertz CT molecular complexity index is 231. The van der Waals surface area contributed by atoms with Crippen LogP contribution in [0, 0.1) is 5.41 Å². The Balaban J connectivity index is 4.26. The average Bonchev–Trinajstić information content (AvgIpc) is 2.29. The Morgan fingerprint density at radius 2 is 1.75 bits per heavy atom. The number of hydrogen-bond donors (Lipinski definition) is 2. The van der Waals surface area contributed by atoms with Crippen LogP contribution in [0.2, 0.25) is 0 Å². The van der Waals surface area contributed by atoms with Crippen molar-refractivity contribution in [2.45, 2.75) is 47.0 Å². The molecule has 0 saturated carbocycles. The van der Waals surface area contributed by atoms with E-state index in [1.165, 1.54) is 0 Å². The molecule has 16 heavy (non-hydrogen) atoms. The molecule has 0 amide bonds. The van der Waals surface area contributed by atoms with Crippen LogP contribution in [0.4, 0.5) is 0 Å². The van der Waals surface area contributed by atoms with E-state index < -0.39 is 0 Å². The predicted molar refractivity (Wildman–Crippen MR) is 72.6 cm³/mol. The number of aliphatic imine (C=N–C) groups is 1. The molecule has 3 nitrogen and oxygen atoms in total. The molecule has 0 fully saturated rings. The van der Waals surface area contributed by atoms with Crippen molar-refractivity contribution in [3.8, 4) is 0 Å². The largest absolute Gasteiger partial charge is 0.370 e. The molecule has 3 heteroatoms. The van der Waals surface area contributed by atoms with E-state index in [0.717, 1.165) is 31.4 Å². The molecule has 0 atom stereocenters. The molecule has 0 aromatic heterocycles. The fraction of sp³-hybridized carbons (Fsp3) is 0.769. The smallest absolute Gasteiger partial charge is 0.188 e. The highest BCUT2D eigenvalue weighted by Crippen LogP contribution is 2.30. The first-order chi connectivity index (χ1) is 7.49. The quantitative estimate of drug-likeness (QED) is 0.397. The molecule has 0 aromatic rings. The Hall–Kier alpha value is -0.990. The summed E-state index contributed by atoms with van der Waals surface area (Å²) < 4.78 is 0. The maximum atomic E-state index is 5.79. The van der Waals surface area contributed by atoms with E-state index in [-0.39, 0.29) is 0 Å². The van der Waals surface area contributed by atoms with E-state index in [0.29, 0.717) is 17.9 Å². The van der Waals surface area contributed by atoms with Gasteiger partial charge in [-0.1, -0.05) is 32.9 Å². The summed E-state index contributed by atoms with van der Waals surface area (Å²) in [7, 11) is 0. The summed E-state index contributed by atoms with van der Waals surface area (Å²) in [6.07, 6.45) is 3.45. The van der Waals surface area contributed by atoms with Gasteiger partial charge in [0, 0.05) is 13.1 Å². The van der Waals surface area contributed by atoms with Gasteiger partial charge in [0.25, 0.3) is 0 Å².